The van der Waals surface area contributed by atoms with Gasteiger partial charge < -0.3 is 24.7 Å². The zero-order chi connectivity index (χ0) is 15.0. The molecule has 2 rings (SSSR count). The van der Waals surface area contributed by atoms with Gasteiger partial charge in [0.15, 0.2) is 0 Å². The Balaban J connectivity index is 1.63. The number of hydrogen-bond donors (Lipinski definition) is 1. The highest BCUT2D eigenvalue weighted by Crippen LogP contribution is 2.29. The van der Waals surface area contributed by atoms with Gasteiger partial charge in [-0.15, -0.1) is 0 Å². The number of ether oxygens (including phenoxy) is 4. The number of para-hydroxylation sites is 1. The molecule has 0 radical (unpaired) electrons. The largest absolute Gasteiger partial charge is 0.491 e. The summed E-state index contributed by atoms with van der Waals surface area (Å²) in [5.41, 5.74) is 7.23. The minimum absolute atomic E-state index is 0.342. The molecule has 0 aliphatic carbocycles. The van der Waals surface area contributed by atoms with Gasteiger partial charge in [0, 0.05) is 13.7 Å². The fourth-order valence-corrected chi connectivity index (χ4v) is 2.34. The molecule has 1 aromatic carbocycles. The molecule has 5 nitrogen and oxygen atoms in total. The maximum Gasteiger partial charge on any atom is 0.122 e. The van der Waals surface area contributed by atoms with Gasteiger partial charge in [-0.3, -0.25) is 0 Å². The van der Waals surface area contributed by atoms with Gasteiger partial charge in [0.25, 0.3) is 0 Å². The van der Waals surface area contributed by atoms with E-state index in [1.54, 1.807) is 7.11 Å². The van der Waals surface area contributed by atoms with Crippen molar-refractivity contribution in [1.29, 1.82) is 0 Å². The summed E-state index contributed by atoms with van der Waals surface area (Å²) in [5.74, 6) is 0.950. The average molecular weight is 295 g/mol. The third-order valence-corrected chi connectivity index (χ3v) is 3.58. The molecule has 2 N–H and O–H groups in total. The van der Waals surface area contributed by atoms with Crippen LogP contribution in [0.1, 0.15) is 12.0 Å². The van der Waals surface area contributed by atoms with Crippen LogP contribution >= 0.6 is 0 Å². The average Bonchev–Trinajstić information content (AvgIpc) is 2.50. The highest BCUT2D eigenvalue weighted by atomic mass is 16.5. The molecule has 21 heavy (non-hydrogen) atoms. The van der Waals surface area contributed by atoms with E-state index in [0.29, 0.717) is 39.6 Å². The topological polar surface area (TPSA) is 62.9 Å². The van der Waals surface area contributed by atoms with Crippen molar-refractivity contribution in [3.63, 3.8) is 0 Å². The van der Waals surface area contributed by atoms with Crippen LogP contribution in [0.3, 0.4) is 0 Å². The van der Waals surface area contributed by atoms with Crippen molar-refractivity contribution in [3.8, 4) is 5.75 Å². The summed E-state index contributed by atoms with van der Waals surface area (Å²) in [6.45, 7) is 3.54. The summed E-state index contributed by atoms with van der Waals surface area (Å²) < 4.78 is 21.5. The highest BCUT2D eigenvalue weighted by Gasteiger charge is 2.31. The lowest BCUT2D eigenvalue weighted by molar-refractivity contribution is 0.0181. The Bertz CT molecular complexity index is 426. The minimum Gasteiger partial charge on any atom is -0.491 e. The molecule has 1 aliphatic heterocycles. The Morgan fingerprint density at radius 2 is 1.81 bits per heavy atom. The van der Waals surface area contributed by atoms with Gasteiger partial charge >= 0.3 is 0 Å². The third kappa shape index (κ3) is 5.28. The number of nitrogens with two attached hydrogens (primary N) is 1. The molecule has 0 spiro atoms. The van der Waals surface area contributed by atoms with E-state index >= 15 is 0 Å². The van der Waals surface area contributed by atoms with Gasteiger partial charge in [0.1, 0.15) is 12.4 Å². The van der Waals surface area contributed by atoms with Crippen LogP contribution in [0.4, 0.5) is 0 Å². The summed E-state index contributed by atoms with van der Waals surface area (Å²) in [6.07, 6.45) is 1.61. The minimum atomic E-state index is -0.342. The maximum absolute atomic E-state index is 6.40. The molecule has 0 saturated carbocycles. The van der Waals surface area contributed by atoms with Crippen LogP contribution in [0.25, 0.3) is 0 Å². The zero-order valence-electron chi connectivity index (χ0n) is 12.7. The molecule has 1 atom stereocenters. The van der Waals surface area contributed by atoms with E-state index in [-0.39, 0.29) is 5.54 Å². The third-order valence-electron chi connectivity index (χ3n) is 3.58. The first-order chi connectivity index (χ1) is 10.2. The molecule has 0 amide bonds. The molecule has 1 aromatic rings. The molecule has 0 aromatic heterocycles. The Morgan fingerprint density at radius 1 is 1.10 bits per heavy atom. The molecule has 1 unspecified atom stereocenters. The molecule has 118 valence electrons. The van der Waals surface area contributed by atoms with Crippen molar-refractivity contribution in [2.24, 2.45) is 5.73 Å². The van der Waals surface area contributed by atoms with Crippen molar-refractivity contribution in [2.45, 2.75) is 18.4 Å². The number of methoxy groups -OCH3 is 1. The van der Waals surface area contributed by atoms with E-state index in [0.717, 1.165) is 18.6 Å². The van der Waals surface area contributed by atoms with Crippen molar-refractivity contribution >= 4 is 0 Å². The number of benzene rings is 1. The quantitative estimate of drug-likeness (QED) is 0.698. The number of fused-ring (bicyclic) bond motifs is 1. The molecule has 1 aliphatic rings. The van der Waals surface area contributed by atoms with Gasteiger partial charge in [-0.25, -0.2) is 0 Å². The first-order valence-corrected chi connectivity index (χ1v) is 7.37. The van der Waals surface area contributed by atoms with Crippen molar-refractivity contribution in [3.05, 3.63) is 29.8 Å². The fourth-order valence-electron chi connectivity index (χ4n) is 2.34. The van der Waals surface area contributed by atoms with Gasteiger partial charge in [-0.2, -0.15) is 0 Å². The Morgan fingerprint density at radius 3 is 2.62 bits per heavy atom. The first-order valence-electron chi connectivity index (χ1n) is 7.37. The van der Waals surface area contributed by atoms with Crippen LogP contribution in [-0.4, -0.2) is 52.3 Å². The Labute approximate surface area is 126 Å². The molecule has 0 fully saturated rings. The van der Waals surface area contributed by atoms with Crippen molar-refractivity contribution in [2.75, 3.05) is 46.8 Å². The second-order valence-corrected chi connectivity index (χ2v) is 5.40. The summed E-state index contributed by atoms with van der Waals surface area (Å²) in [7, 11) is 1.66. The molecular formula is C16H25NO4. The second-order valence-electron chi connectivity index (χ2n) is 5.40. The van der Waals surface area contributed by atoms with Gasteiger partial charge in [-0.05, 0) is 24.5 Å². The van der Waals surface area contributed by atoms with Gasteiger partial charge in [-0.1, -0.05) is 18.2 Å². The smallest absolute Gasteiger partial charge is 0.122 e. The Kier molecular flexibility index (Phi) is 6.45. The molecule has 5 heteroatoms. The second kappa shape index (κ2) is 8.34. The van der Waals surface area contributed by atoms with Crippen molar-refractivity contribution in [1.82, 2.24) is 0 Å². The van der Waals surface area contributed by atoms with Crippen LogP contribution < -0.4 is 10.5 Å². The molecule has 0 bridgehead atoms. The summed E-state index contributed by atoms with van der Waals surface area (Å²) in [5, 5.41) is 0. The van der Waals surface area contributed by atoms with Crippen LogP contribution in [0.5, 0.6) is 5.75 Å². The van der Waals surface area contributed by atoms with Crippen LogP contribution in [0.2, 0.25) is 0 Å². The van der Waals surface area contributed by atoms with Crippen molar-refractivity contribution < 1.29 is 18.9 Å². The summed E-state index contributed by atoms with van der Waals surface area (Å²) in [4.78, 5) is 0. The van der Waals surface area contributed by atoms with Crippen LogP contribution in [0, 0.1) is 0 Å². The van der Waals surface area contributed by atoms with E-state index in [2.05, 4.69) is 6.07 Å². The lowest BCUT2D eigenvalue weighted by Gasteiger charge is -2.34. The highest BCUT2D eigenvalue weighted by molar-refractivity contribution is 5.36. The van der Waals surface area contributed by atoms with E-state index in [4.69, 9.17) is 24.7 Å². The summed E-state index contributed by atoms with van der Waals surface area (Å²) >= 11 is 0. The normalized spacial score (nSPS) is 20.9. The van der Waals surface area contributed by atoms with Crippen LogP contribution in [-0.2, 0) is 20.6 Å². The zero-order valence-corrected chi connectivity index (χ0v) is 12.7. The van der Waals surface area contributed by atoms with Gasteiger partial charge in [0.2, 0.25) is 0 Å². The number of hydrogen-bond acceptors (Lipinski definition) is 5. The lowest BCUT2D eigenvalue weighted by Crippen LogP contribution is -2.50. The van der Waals surface area contributed by atoms with Crippen LogP contribution in [0.15, 0.2) is 24.3 Å². The predicted octanol–water partition coefficient (Wildman–Crippen LogP) is 1.39. The monoisotopic (exact) mass is 295 g/mol. The Hall–Kier alpha value is -1.14. The van der Waals surface area contributed by atoms with Gasteiger partial charge in [0.05, 0.1) is 32.0 Å². The lowest BCUT2D eigenvalue weighted by atomic mass is 9.87. The maximum atomic E-state index is 6.40. The van der Waals surface area contributed by atoms with E-state index in [1.807, 2.05) is 18.2 Å². The number of rotatable bonds is 9. The SMILES string of the molecule is COCCOCCOCCC1(N)COc2ccccc2C1. The fraction of sp³-hybridized carbons (Fsp3) is 0.625. The van der Waals surface area contributed by atoms with E-state index in [1.165, 1.54) is 5.56 Å². The first kappa shape index (κ1) is 16.2. The standard InChI is InChI=1S/C16H25NO4/c1-18-8-9-20-11-10-19-7-6-16(17)12-14-4-2-3-5-15(14)21-13-16/h2-5H,6-13,17H2,1H3. The van der Waals surface area contributed by atoms with E-state index in [9.17, 15) is 0 Å². The summed E-state index contributed by atoms with van der Waals surface area (Å²) in [6, 6.07) is 8.06. The van der Waals surface area contributed by atoms with E-state index < -0.39 is 0 Å². The molecule has 0 saturated heterocycles. The predicted molar refractivity (Wildman–Crippen MR) is 80.7 cm³/mol. The molecule has 1 heterocycles. The molecular weight excluding hydrogens is 270 g/mol.